The van der Waals surface area contributed by atoms with E-state index in [4.69, 9.17) is 9.47 Å². The maximum Gasteiger partial charge on any atom is 0.255 e. The summed E-state index contributed by atoms with van der Waals surface area (Å²) in [5.74, 6) is 0.971. The lowest BCUT2D eigenvalue weighted by atomic mass is 10.2. The molecule has 0 saturated heterocycles. The van der Waals surface area contributed by atoms with E-state index >= 15 is 0 Å². The van der Waals surface area contributed by atoms with E-state index in [1.165, 1.54) is 11.5 Å². The third kappa shape index (κ3) is 2.71. The molecule has 22 heavy (non-hydrogen) atoms. The fourth-order valence-electron chi connectivity index (χ4n) is 2.02. The summed E-state index contributed by atoms with van der Waals surface area (Å²) in [4.78, 5) is 12.4. The SMILES string of the molecule is COc1ccc(NC(=O)c2ccc3nnsc3c2)c(OC)c1. The lowest BCUT2D eigenvalue weighted by molar-refractivity contribution is 0.102. The van der Waals surface area contributed by atoms with Crippen LogP contribution in [-0.2, 0) is 0 Å². The molecular formula is C15H13N3O3S. The van der Waals surface area contributed by atoms with Gasteiger partial charge < -0.3 is 14.8 Å². The molecule has 1 amide bonds. The topological polar surface area (TPSA) is 73.3 Å². The van der Waals surface area contributed by atoms with Crippen LogP contribution in [0.1, 0.15) is 10.4 Å². The molecule has 0 aliphatic carbocycles. The van der Waals surface area contributed by atoms with Gasteiger partial charge in [-0.3, -0.25) is 4.79 Å². The Morgan fingerprint density at radius 2 is 2.00 bits per heavy atom. The van der Waals surface area contributed by atoms with Crippen LogP contribution in [-0.4, -0.2) is 29.7 Å². The van der Waals surface area contributed by atoms with Gasteiger partial charge >= 0.3 is 0 Å². The van der Waals surface area contributed by atoms with Crippen molar-refractivity contribution < 1.29 is 14.3 Å². The quantitative estimate of drug-likeness (QED) is 0.801. The zero-order valence-corrected chi connectivity index (χ0v) is 12.8. The van der Waals surface area contributed by atoms with Crippen molar-refractivity contribution in [2.75, 3.05) is 19.5 Å². The summed E-state index contributed by atoms with van der Waals surface area (Å²) in [6, 6.07) is 10.5. The van der Waals surface area contributed by atoms with E-state index in [1.54, 1.807) is 50.6 Å². The summed E-state index contributed by atoms with van der Waals surface area (Å²) < 4.78 is 15.1. The Kier molecular flexibility index (Phi) is 3.88. The van der Waals surface area contributed by atoms with Crippen LogP contribution in [0.15, 0.2) is 36.4 Å². The highest BCUT2D eigenvalue weighted by Gasteiger charge is 2.12. The Morgan fingerprint density at radius 3 is 2.77 bits per heavy atom. The maximum absolute atomic E-state index is 12.4. The smallest absolute Gasteiger partial charge is 0.255 e. The van der Waals surface area contributed by atoms with Gasteiger partial charge in [0.25, 0.3) is 5.91 Å². The second-order valence-corrected chi connectivity index (χ2v) is 5.26. The highest BCUT2D eigenvalue weighted by molar-refractivity contribution is 7.12. The zero-order chi connectivity index (χ0) is 15.5. The normalized spacial score (nSPS) is 10.5. The lowest BCUT2D eigenvalue weighted by Gasteiger charge is -2.11. The van der Waals surface area contributed by atoms with Gasteiger partial charge in [-0.15, -0.1) is 5.10 Å². The third-order valence-corrected chi connectivity index (χ3v) is 3.85. The second kappa shape index (κ2) is 5.98. The first-order valence-electron chi connectivity index (χ1n) is 6.47. The minimum absolute atomic E-state index is 0.223. The number of nitrogens with zero attached hydrogens (tertiary/aromatic N) is 2. The van der Waals surface area contributed by atoms with Crippen LogP contribution < -0.4 is 14.8 Å². The van der Waals surface area contributed by atoms with Gasteiger partial charge in [0.05, 0.1) is 24.6 Å². The molecule has 7 heteroatoms. The van der Waals surface area contributed by atoms with Crippen molar-refractivity contribution in [3.63, 3.8) is 0 Å². The third-order valence-electron chi connectivity index (χ3n) is 3.17. The van der Waals surface area contributed by atoms with E-state index in [1.807, 2.05) is 0 Å². The number of amides is 1. The van der Waals surface area contributed by atoms with Crippen LogP contribution in [0.2, 0.25) is 0 Å². The van der Waals surface area contributed by atoms with E-state index in [-0.39, 0.29) is 5.91 Å². The molecule has 2 aromatic carbocycles. The number of nitrogens with one attached hydrogen (secondary N) is 1. The average molecular weight is 315 g/mol. The molecule has 3 rings (SSSR count). The first-order chi connectivity index (χ1) is 10.7. The molecule has 1 aromatic heterocycles. The number of carbonyl (C=O) groups is 1. The van der Waals surface area contributed by atoms with Gasteiger partial charge in [0, 0.05) is 11.6 Å². The molecule has 6 nitrogen and oxygen atoms in total. The highest BCUT2D eigenvalue weighted by atomic mass is 32.1. The van der Waals surface area contributed by atoms with Crippen LogP contribution in [0.25, 0.3) is 10.2 Å². The molecule has 112 valence electrons. The van der Waals surface area contributed by atoms with Gasteiger partial charge in [0.15, 0.2) is 0 Å². The number of rotatable bonds is 4. The van der Waals surface area contributed by atoms with Crippen molar-refractivity contribution in [2.45, 2.75) is 0 Å². The molecule has 0 atom stereocenters. The fraction of sp³-hybridized carbons (Fsp3) is 0.133. The van der Waals surface area contributed by atoms with Crippen LogP contribution in [0.3, 0.4) is 0 Å². The number of aromatic nitrogens is 2. The Morgan fingerprint density at radius 1 is 1.14 bits per heavy atom. The molecule has 0 saturated carbocycles. The van der Waals surface area contributed by atoms with Gasteiger partial charge in [-0.25, -0.2) is 0 Å². The molecule has 0 radical (unpaired) electrons. The number of ether oxygens (including phenoxy) is 2. The van der Waals surface area contributed by atoms with Crippen molar-refractivity contribution in [2.24, 2.45) is 0 Å². The Bertz CT molecular complexity index is 832. The summed E-state index contributed by atoms with van der Waals surface area (Å²) >= 11 is 1.26. The lowest BCUT2D eigenvalue weighted by Crippen LogP contribution is -2.12. The number of hydrogen-bond acceptors (Lipinski definition) is 6. The van der Waals surface area contributed by atoms with Gasteiger partial charge in [-0.2, -0.15) is 0 Å². The fourth-order valence-corrected chi connectivity index (χ4v) is 2.61. The monoisotopic (exact) mass is 315 g/mol. The Hall–Kier alpha value is -2.67. The molecule has 3 aromatic rings. The van der Waals surface area contributed by atoms with Crippen LogP contribution in [0, 0.1) is 0 Å². The van der Waals surface area contributed by atoms with Crippen LogP contribution in [0.5, 0.6) is 11.5 Å². The zero-order valence-electron chi connectivity index (χ0n) is 12.0. The number of carbonyl (C=O) groups excluding carboxylic acids is 1. The molecule has 0 bridgehead atoms. The number of benzene rings is 2. The first kappa shape index (κ1) is 14.3. The largest absolute Gasteiger partial charge is 0.497 e. The van der Waals surface area contributed by atoms with Gasteiger partial charge in [-0.05, 0) is 41.9 Å². The van der Waals surface area contributed by atoms with Gasteiger partial charge in [-0.1, -0.05) is 4.49 Å². The Labute approximate surface area is 130 Å². The molecule has 1 heterocycles. The summed E-state index contributed by atoms with van der Waals surface area (Å²) in [6.07, 6.45) is 0. The molecule has 0 aliphatic heterocycles. The summed E-state index contributed by atoms with van der Waals surface area (Å²) in [6.45, 7) is 0. The van der Waals surface area contributed by atoms with E-state index < -0.39 is 0 Å². The maximum atomic E-state index is 12.4. The Balaban J connectivity index is 1.87. The predicted molar refractivity (Wildman–Crippen MR) is 84.9 cm³/mol. The molecule has 0 unspecified atom stereocenters. The number of anilines is 1. The van der Waals surface area contributed by atoms with E-state index in [9.17, 15) is 4.79 Å². The van der Waals surface area contributed by atoms with Crippen molar-refractivity contribution in [1.29, 1.82) is 0 Å². The second-order valence-electron chi connectivity index (χ2n) is 4.48. The predicted octanol–water partition coefficient (Wildman–Crippen LogP) is 2.96. The average Bonchev–Trinajstić information content (AvgIpc) is 3.02. The van der Waals surface area contributed by atoms with Crippen molar-refractivity contribution >= 4 is 33.3 Å². The summed E-state index contributed by atoms with van der Waals surface area (Å²) in [7, 11) is 3.12. The van der Waals surface area contributed by atoms with Crippen molar-refractivity contribution in [3.8, 4) is 11.5 Å². The molecule has 0 aliphatic rings. The number of fused-ring (bicyclic) bond motifs is 1. The molecule has 0 fully saturated rings. The molecule has 0 spiro atoms. The van der Waals surface area contributed by atoms with Crippen LogP contribution >= 0.6 is 11.5 Å². The summed E-state index contributed by atoms with van der Waals surface area (Å²) in [5, 5.41) is 6.78. The van der Waals surface area contributed by atoms with Crippen molar-refractivity contribution in [3.05, 3.63) is 42.0 Å². The van der Waals surface area contributed by atoms with E-state index in [0.717, 1.165) is 10.2 Å². The first-order valence-corrected chi connectivity index (χ1v) is 7.24. The van der Waals surface area contributed by atoms with Gasteiger partial charge in [0.1, 0.15) is 17.0 Å². The standard InChI is InChI=1S/C15H13N3O3S/c1-20-10-4-6-11(13(8-10)21-2)16-15(19)9-3-5-12-14(7-9)22-18-17-12/h3-8H,1-2H3,(H,16,19). The molecule has 1 N–H and O–H groups in total. The molecular weight excluding hydrogens is 302 g/mol. The summed E-state index contributed by atoms with van der Waals surface area (Å²) in [5.41, 5.74) is 1.90. The van der Waals surface area contributed by atoms with Gasteiger partial charge in [0.2, 0.25) is 0 Å². The number of methoxy groups -OCH3 is 2. The minimum atomic E-state index is -0.223. The minimum Gasteiger partial charge on any atom is -0.497 e. The van der Waals surface area contributed by atoms with Crippen molar-refractivity contribution in [1.82, 2.24) is 9.59 Å². The van der Waals surface area contributed by atoms with E-state index in [2.05, 4.69) is 14.9 Å². The highest BCUT2D eigenvalue weighted by Crippen LogP contribution is 2.29. The van der Waals surface area contributed by atoms with E-state index in [0.29, 0.717) is 22.7 Å². The number of hydrogen-bond donors (Lipinski definition) is 1. The van der Waals surface area contributed by atoms with Crippen LogP contribution in [0.4, 0.5) is 5.69 Å².